The minimum atomic E-state index is 0.221. The first-order valence-electron chi connectivity index (χ1n) is 3.46. The average Bonchev–Trinajstić information content (AvgIpc) is 2.47. The molecule has 0 saturated carbocycles. The quantitative estimate of drug-likeness (QED) is 0.740. The summed E-state index contributed by atoms with van der Waals surface area (Å²) in [5.41, 5.74) is 1.09. The second-order valence-electron chi connectivity index (χ2n) is 2.18. The van der Waals surface area contributed by atoms with Crippen molar-refractivity contribution in [2.45, 2.75) is 12.8 Å². The van der Waals surface area contributed by atoms with Gasteiger partial charge in [0.15, 0.2) is 0 Å². The zero-order valence-corrected chi connectivity index (χ0v) is 7.23. The summed E-state index contributed by atoms with van der Waals surface area (Å²) in [6.45, 7) is 0.221. The molecule has 1 aromatic rings. The number of aromatic nitrogens is 1. The van der Waals surface area contributed by atoms with E-state index in [-0.39, 0.29) is 6.61 Å². The Bertz CT molecular complexity index is 212. The molecule has 0 spiro atoms. The van der Waals surface area contributed by atoms with E-state index in [0.29, 0.717) is 5.88 Å². The Morgan fingerprint density at radius 1 is 1.73 bits per heavy atom. The lowest BCUT2D eigenvalue weighted by atomic mass is 10.2. The number of aliphatic hydroxyl groups excluding tert-OH is 1. The molecule has 0 amide bonds. The van der Waals surface area contributed by atoms with Crippen LogP contribution in [0.25, 0.3) is 0 Å². The Labute approximate surface area is 69.8 Å². The van der Waals surface area contributed by atoms with Crippen LogP contribution in [0.2, 0.25) is 0 Å². The zero-order valence-electron chi connectivity index (χ0n) is 6.41. The summed E-state index contributed by atoms with van der Waals surface area (Å²) in [4.78, 5) is 0. The SMILES string of the molecule is COc1nscc1CCCO. The van der Waals surface area contributed by atoms with E-state index in [4.69, 9.17) is 9.84 Å². The Balaban J connectivity index is 2.54. The molecule has 0 aliphatic carbocycles. The van der Waals surface area contributed by atoms with E-state index in [0.717, 1.165) is 18.4 Å². The van der Waals surface area contributed by atoms with Gasteiger partial charge in [0.05, 0.1) is 7.11 Å². The summed E-state index contributed by atoms with van der Waals surface area (Å²) in [6, 6.07) is 0. The van der Waals surface area contributed by atoms with E-state index in [1.54, 1.807) is 7.11 Å². The lowest BCUT2D eigenvalue weighted by Gasteiger charge is -1.97. The second-order valence-corrected chi connectivity index (χ2v) is 2.81. The van der Waals surface area contributed by atoms with Crippen LogP contribution in [0.5, 0.6) is 5.88 Å². The maximum absolute atomic E-state index is 8.57. The Morgan fingerprint density at radius 2 is 2.55 bits per heavy atom. The van der Waals surface area contributed by atoms with Crippen molar-refractivity contribution in [3.05, 3.63) is 10.9 Å². The molecule has 0 unspecified atom stereocenters. The molecule has 3 nitrogen and oxygen atoms in total. The molecule has 0 atom stereocenters. The number of aryl methyl sites for hydroxylation is 1. The van der Waals surface area contributed by atoms with E-state index in [1.165, 1.54) is 11.5 Å². The molecular formula is C7H11NO2S. The smallest absolute Gasteiger partial charge is 0.228 e. The number of ether oxygens (including phenoxy) is 1. The van der Waals surface area contributed by atoms with Crippen molar-refractivity contribution in [1.29, 1.82) is 0 Å². The summed E-state index contributed by atoms with van der Waals surface area (Å²) in [7, 11) is 1.61. The highest BCUT2D eigenvalue weighted by Gasteiger charge is 2.03. The van der Waals surface area contributed by atoms with Crippen molar-refractivity contribution < 1.29 is 9.84 Å². The highest BCUT2D eigenvalue weighted by molar-refractivity contribution is 7.03. The third kappa shape index (κ3) is 2.17. The number of hydrogen-bond donors (Lipinski definition) is 1. The minimum absolute atomic E-state index is 0.221. The van der Waals surface area contributed by atoms with E-state index in [2.05, 4.69) is 4.37 Å². The minimum Gasteiger partial charge on any atom is -0.480 e. The van der Waals surface area contributed by atoms with Gasteiger partial charge in [-0.2, -0.15) is 4.37 Å². The normalized spacial score (nSPS) is 10.0. The molecule has 1 rings (SSSR count). The number of hydrogen-bond acceptors (Lipinski definition) is 4. The number of aliphatic hydroxyl groups is 1. The summed E-state index contributed by atoms with van der Waals surface area (Å²) < 4.78 is 9.03. The lowest BCUT2D eigenvalue weighted by Crippen LogP contribution is -1.91. The van der Waals surface area contributed by atoms with Gasteiger partial charge >= 0.3 is 0 Å². The fourth-order valence-electron chi connectivity index (χ4n) is 0.851. The fourth-order valence-corrected chi connectivity index (χ4v) is 1.54. The Hall–Kier alpha value is -0.610. The zero-order chi connectivity index (χ0) is 8.10. The number of methoxy groups -OCH3 is 1. The summed E-state index contributed by atoms with van der Waals surface area (Å²) in [5.74, 6) is 0.698. The first kappa shape index (κ1) is 8.49. The van der Waals surface area contributed by atoms with Crippen LogP contribution in [0.4, 0.5) is 0 Å². The van der Waals surface area contributed by atoms with Crippen molar-refractivity contribution in [3.63, 3.8) is 0 Å². The van der Waals surface area contributed by atoms with E-state index in [1.807, 2.05) is 5.38 Å². The predicted molar refractivity (Wildman–Crippen MR) is 44.1 cm³/mol. The topological polar surface area (TPSA) is 42.4 Å². The predicted octanol–water partition coefficient (Wildman–Crippen LogP) is 1.08. The van der Waals surface area contributed by atoms with Crippen molar-refractivity contribution >= 4 is 11.5 Å². The van der Waals surface area contributed by atoms with Crippen LogP contribution in [-0.4, -0.2) is 23.2 Å². The molecule has 0 aromatic carbocycles. The molecule has 1 heterocycles. The largest absolute Gasteiger partial charge is 0.480 e. The van der Waals surface area contributed by atoms with Gasteiger partial charge in [0, 0.05) is 17.6 Å². The molecule has 1 aromatic heterocycles. The molecule has 1 N–H and O–H groups in total. The van der Waals surface area contributed by atoms with Crippen LogP contribution in [0.1, 0.15) is 12.0 Å². The van der Waals surface area contributed by atoms with Crippen molar-refractivity contribution in [2.24, 2.45) is 0 Å². The highest BCUT2D eigenvalue weighted by atomic mass is 32.1. The molecule has 0 bridgehead atoms. The molecule has 0 aliphatic rings. The maximum Gasteiger partial charge on any atom is 0.228 e. The molecule has 4 heteroatoms. The van der Waals surface area contributed by atoms with Gasteiger partial charge in [-0.1, -0.05) is 0 Å². The number of nitrogens with zero attached hydrogens (tertiary/aromatic N) is 1. The van der Waals surface area contributed by atoms with Crippen LogP contribution < -0.4 is 4.74 Å². The molecule has 0 fully saturated rings. The summed E-state index contributed by atoms with van der Waals surface area (Å²) in [6.07, 6.45) is 1.62. The third-order valence-electron chi connectivity index (χ3n) is 1.40. The monoisotopic (exact) mass is 173 g/mol. The first-order chi connectivity index (χ1) is 5.38. The molecule has 0 radical (unpaired) electrons. The van der Waals surface area contributed by atoms with Crippen molar-refractivity contribution in [2.75, 3.05) is 13.7 Å². The average molecular weight is 173 g/mol. The fraction of sp³-hybridized carbons (Fsp3) is 0.571. The van der Waals surface area contributed by atoms with Crippen LogP contribution >= 0.6 is 11.5 Å². The van der Waals surface area contributed by atoms with Gasteiger partial charge in [0.1, 0.15) is 0 Å². The van der Waals surface area contributed by atoms with E-state index < -0.39 is 0 Å². The van der Waals surface area contributed by atoms with Crippen LogP contribution in [0.15, 0.2) is 5.38 Å². The van der Waals surface area contributed by atoms with Gasteiger partial charge in [-0.15, -0.1) is 0 Å². The van der Waals surface area contributed by atoms with Crippen molar-refractivity contribution in [3.8, 4) is 5.88 Å². The standard InChI is InChI=1S/C7H11NO2S/c1-10-7-6(3-2-4-9)5-11-8-7/h5,9H,2-4H2,1H3. The maximum atomic E-state index is 8.57. The first-order valence-corrected chi connectivity index (χ1v) is 4.30. The van der Waals surface area contributed by atoms with Crippen LogP contribution in [0.3, 0.4) is 0 Å². The molecular weight excluding hydrogens is 162 g/mol. The van der Waals surface area contributed by atoms with Crippen LogP contribution in [-0.2, 0) is 6.42 Å². The van der Waals surface area contributed by atoms with Gasteiger partial charge < -0.3 is 9.84 Å². The van der Waals surface area contributed by atoms with Crippen molar-refractivity contribution in [1.82, 2.24) is 4.37 Å². The van der Waals surface area contributed by atoms with Gasteiger partial charge in [-0.3, -0.25) is 0 Å². The van der Waals surface area contributed by atoms with Gasteiger partial charge in [0.25, 0.3) is 0 Å². The van der Waals surface area contributed by atoms with Crippen LogP contribution in [0, 0.1) is 0 Å². The highest BCUT2D eigenvalue weighted by Crippen LogP contribution is 2.19. The Morgan fingerprint density at radius 3 is 3.18 bits per heavy atom. The van der Waals surface area contributed by atoms with E-state index in [9.17, 15) is 0 Å². The number of rotatable bonds is 4. The van der Waals surface area contributed by atoms with Gasteiger partial charge in [-0.05, 0) is 24.4 Å². The Kier molecular flexibility index (Phi) is 3.32. The van der Waals surface area contributed by atoms with Gasteiger partial charge in [-0.25, -0.2) is 0 Å². The molecule has 0 saturated heterocycles. The molecule has 0 aliphatic heterocycles. The summed E-state index contributed by atoms with van der Waals surface area (Å²) in [5, 5.41) is 10.5. The third-order valence-corrected chi connectivity index (χ3v) is 2.06. The summed E-state index contributed by atoms with van der Waals surface area (Å²) >= 11 is 1.38. The second kappa shape index (κ2) is 4.31. The molecule has 62 valence electrons. The lowest BCUT2D eigenvalue weighted by molar-refractivity contribution is 0.287. The van der Waals surface area contributed by atoms with Gasteiger partial charge in [0.2, 0.25) is 5.88 Å². The molecule has 11 heavy (non-hydrogen) atoms. The van der Waals surface area contributed by atoms with E-state index >= 15 is 0 Å².